The molecule has 1 aliphatic rings. The van der Waals surface area contributed by atoms with Crippen molar-refractivity contribution < 1.29 is 24.2 Å². The molecule has 0 aliphatic heterocycles. The average Bonchev–Trinajstić information content (AvgIpc) is 2.86. The molecule has 0 atom stereocenters. The number of hydrogen-bond acceptors (Lipinski definition) is 11. The van der Waals surface area contributed by atoms with Crippen molar-refractivity contribution >= 4 is 23.1 Å². The number of ether oxygens (including phenoxy) is 3. The van der Waals surface area contributed by atoms with Crippen molar-refractivity contribution in [3.05, 3.63) is 40.1 Å². The van der Waals surface area contributed by atoms with Gasteiger partial charge in [-0.2, -0.15) is 5.26 Å². The first-order valence-electron chi connectivity index (χ1n) is 11.7. The molecule has 194 valence electrons. The number of pyridine rings is 2. The van der Waals surface area contributed by atoms with Crippen molar-refractivity contribution in [1.29, 1.82) is 5.26 Å². The van der Waals surface area contributed by atoms with E-state index in [9.17, 15) is 15.2 Å². The van der Waals surface area contributed by atoms with E-state index in [2.05, 4.69) is 15.3 Å². The highest BCUT2D eigenvalue weighted by atomic mass is 16.6. The Morgan fingerprint density at radius 1 is 1.31 bits per heavy atom. The first-order valence-corrected chi connectivity index (χ1v) is 11.7. The Kier molecular flexibility index (Phi) is 9.35. The lowest BCUT2D eigenvalue weighted by molar-refractivity contribution is -0.384. The summed E-state index contributed by atoms with van der Waals surface area (Å²) in [6.45, 7) is 3.15. The largest absolute Gasteiger partial charge is 0.487 e. The SMILES string of the molecule is COCCOCCOc1cc([N+](=O)[O-])c(Nc2ccc(C#N)cn2)nc1N(C)[C@H]1CC[C@@](C)(O)CC1. The van der Waals surface area contributed by atoms with Crippen LogP contribution in [0.25, 0.3) is 0 Å². The first kappa shape index (κ1) is 27.1. The summed E-state index contributed by atoms with van der Waals surface area (Å²) in [5.41, 5.74) is -0.610. The van der Waals surface area contributed by atoms with E-state index in [1.807, 2.05) is 24.9 Å². The number of nitrogens with one attached hydrogen (secondary N) is 1. The molecular weight excluding hydrogens is 468 g/mol. The van der Waals surface area contributed by atoms with Crippen LogP contribution >= 0.6 is 0 Å². The molecule has 0 aromatic carbocycles. The van der Waals surface area contributed by atoms with Gasteiger partial charge in [0.25, 0.3) is 0 Å². The third-order valence-electron chi connectivity index (χ3n) is 6.12. The van der Waals surface area contributed by atoms with Gasteiger partial charge in [0.1, 0.15) is 18.5 Å². The van der Waals surface area contributed by atoms with E-state index in [1.54, 1.807) is 19.2 Å². The highest BCUT2D eigenvalue weighted by Gasteiger charge is 2.33. The number of aromatic nitrogens is 2. The number of nitro groups is 1. The topological polar surface area (TPSA) is 156 Å². The summed E-state index contributed by atoms with van der Waals surface area (Å²) < 4.78 is 16.3. The second-order valence-electron chi connectivity index (χ2n) is 8.90. The van der Waals surface area contributed by atoms with Gasteiger partial charge in [0.05, 0.1) is 42.0 Å². The predicted octanol–water partition coefficient (Wildman–Crippen LogP) is 3.17. The van der Waals surface area contributed by atoms with Gasteiger partial charge in [-0.3, -0.25) is 10.1 Å². The Morgan fingerprint density at radius 3 is 2.64 bits per heavy atom. The van der Waals surface area contributed by atoms with Crippen LogP contribution in [-0.2, 0) is 9.47 Å². The Hall–Kier alpha value is -3.53. The number of nitrogens with zero attached hydrogens (tertiary/aromatic N) is 5. The average molecular weight is 501 g/mol. The van der Waals surface area contributed by atoms with Crippen LogP contribution in [0.5, 0.6) is 5.75 Å². The molecule has 12 nitrogen and oxygen atoms in total. The van der Waals surface area contributed by atoms with Crippen LogP contribution in [0, 0.1) is 21.4 Å². The Morgan fingerprint density at radius 2 is 2.03 bits per heavy atom. The van der Waals surface area contributed by atoms with E-state index in [4.69, 9.17) is 19.5 Å². The molecule has 0 saturated heterocycles. The van der Waals surface area contributed by atoms with E-state index in [1.165, 1.54) is 12.3 Å². The lowest BCUT2D eigenvalue weighted by atomic mass is 9.83. The molecule has 0 radical (unpaired) electrons. The van der Waals surface area contributed by atoms with Crippen molar-refractivity contribution in [1.82, 2.24) is 9.97 Å². The summed E-state index contributed by atoms with van der Waals surface area (Å²) >= 11 is 0. The Bertz CT molecular complexity index is 1060. The molecule has 0 bridgehead atoms. The van der Waals surface area contributed by atoms with Crippen LogP contribution < -0.4 is 15.0 Å². The van der Waals surface area contributed by atoms with Gasteiger partial charge in [0.15, 0.2) is 11.6 Å². The molecule has 2 heterocycles. The predicted molar refractivity (Wildman–Crippen MR) is 133 cm³/mol. The fraction of sp³-hybridized carbons (Fsp3) is 0.542. The van der Waals surface area contributed by atoms with Gasteiger partial charge in [-0.15, -0.1) is 0 Å². The van der Waals surface area contributed by atoms with Crippen molar-refractivity contribution in [3.63, 3.8) is 0 Å². The maximum Gasteiger partial charge on any atom is 0.315 e. The van der Waals surface area contributed by atoms with Gasteiger partial charge in [-0.05, 0) is 44.7 Å². The van der Waals surface area contributed by atoms with Gasteiger partial charge >= 0.3 is 5.69 Å². The summed E-state index contributed by atoms with van der Waals surface area (Å²) in [6, 6.07) is 6.51. The summed E-state index contributed by atoms with van der Waals surface area (Å²) in [4.78, 5) is 22.0. The molecule has 36 heavy (non-hydrogen) atoms. The number of methoxy groups -OCH3 is 1. The van der Waals surface area contributed by atoms with Crippen LogP contribution in [0.1, 0.15) is 38.2 Å². The van der Waals surface area contributed by atoms with E-state index in [0.29, 0.717) is 43.3 Å². The second kappa shape index (κ2) is 12.4. The third-order valence-corrected chi connectivity index (χ3v) is 6.12. The number of rotatable bonds is 12. The maximum absolute atomic E-state index is 11.9. The monoisotopic (exact) mass is 500 g/mol. The van der Waals surface area contributed by atoms with Crippen LogP contribution in [-0.4, -0.2) is 72.2 Å². The molecule has 1 saturated carbocycles. The zero-order chi connectivity index (χ0) is 26.1. The molecule has 3 rings (SSSR count). The molecule has 2 aromatic rings. The molecule has 0 spiro atoms. The first-order chi connectivity index (χ1) is 17.2. The van der Waals surface area contributed by atoms with Crippen LogP contribution in [0.15, 0.2) is 24.4 Å². The Balaban J connectivity index is 1.90. The van der Waals surface area contributed by atoms with Gasteiger partial charge in [-0.1, -0.05) is 0 Å². The summed E-state index contributed by atoms with van der Waals surface area (Å²) in [6.07, 6.45) is 4.12. The van der Waals surface area contributed by atoms with E-state index >= 15 is 0 Å². The maximum atomic E-state index is 11.9. The lowest BCUT2D eigenvalue weighted by Gasteiger charge is -2.38. The van der Waals surface area contributed by atoms with E-state index in [-0.39, 0.29) is 36.5 Å². The number of anilines is 3. The summed E-state index contributed by atoms with van der Waals surface area (Å²) in [5.74, 6) is 1.01. The van der Waals surface area contributed by atoms with E-state index in [0.717, 1.165) is 12.8 Å². The zero-order valence-electron chi connectivity index (χ0n) is 20.8. The van der Waals surface area contributed by atoms with Crippen molar-refractivity contribution in [2.24, 2.45) is 0 Å². The van der Waals surface area contributed by atoms with Gasteiger partial charge < -0.3 is 29.5 Å². The smallest absolute Gasteiger partial charge is 0.315 e. The second-order valence-corrected chi connectivity index (χ2v) is 8.90. The zero-order valence-corrected chi connectivity index (χ0v) is 20.8. The van der Waals surface area contributed by atoms with Crippen molar-refractivity contribution in [3.8, 4) is 11.8 Å². The molecule has 0 amide bonds. The summed E-state index contributed by atoms with van der Waals surface area (Å²) in [5, 5.41) is 34.1. The summed E-state index contributed by atoms with van der Waals surface area (Å²) in [7, 11) is 3.45. The van der Waals surface area contributed by atoms with Crippen LogP contribution in [0.3, 0.4) is 0 Å². The molecule has 0 unspecified atom stereocenters. The van der Waals surface area contributed by atoms with Gasteiger partial charge in [-0.25, -0.2) is 9.97 Å². The van der Waals surface area contributed by atoms with Crippen LogP contribution in [0.2, 0.25) is 0 Å². The number of aliphatic hydroxyl groups is 1. The minimum absolute atomic E-state index is 0.00515. The van der Waals surface area contributed by atoms with Crippen molar-refractivity contribution in [2.45, 2.75) is 44.2 Å². The van der Waals surface area contributed by atoms with Gasteiger partial charge in [0, 0.05) is 26.4 Å². The normalized spacial score (nSPS) is 19.4. The van der Waals surface area contributed by atoms with Gasteiger partial charge in [0.2, 0.25) is 5.82 Å². The minimum atomic E-state index is -0.701. The standard InChI is InChI=1S/C24H32N6O6/c1-24(31)8-6-18(7-9-24)29(2)23-20(36-13-12-35-11-10-34-3)14-19(30(32)33)22(28-23)27-21-5-4-17(15-25)16-26-21/h4-5,14,16,18,31H,6-13H2,1-3H3,(H,26,27,28)/t18-,24+. The quantitative estimate of drug-likeness (QED) is 0.251. The molecule has 1 fully saturated rings. The minimum Gasteiger partial charge on any atom is -0.487 e. The van der Waals surface area contributed by atoms with Crippen molar-refractivity contribution in [2.75, 3.05) is 50.8 Å². The fourth-order valence-electron chi connectivity index (χ4n) is 3.96. The molecular formula is C24H32N6O6. The molecule has 12 heteroatoms. The Labute approximate surface area is 210 Å². The molecule has 1 aliphatic carbocycles. The fourth-order valence-corrected chi connectivity index (χ4v) is 3.96. The molecule has 2 N–H and O–H groups in total. The molecule has 2 aromatic heterocycles. The van der Waals surface area contributed by atoms with Crippen LogP contribution in [0.4, 0.5) is 23.1 Å². The van der Waals surface area contributed by atoms with E-state index < -0.39 is 10.5 Å². The number of nitriles is 1. The lowest BCUT2D eigenvalue weighted by Crippen LogP contribution is -2.41. The highest BCUT2D eigenvalue weighted by molar-refractivity contribution is 5.71. The third kappa shape index (κ3) is 7.24. The number of hydrogen-bond donors (Lipinski definition) is 2. The highest BCUT2D eigenvalue weighted by Crippen LogP contribution is 2.39.